The molecule has 3 rings (SSSR count). The molecular formula is C27H33N3O8S. The van der Waals surface area contributed by atoms with E-state index in [4.69, 9.17) is 28.4 Å². The van der Waals surface area contributed by atoms with Crippen LogP contribution in [0.3, 0.4) is 0 Å². The van der Waals surface area contributed by atoms with Crippen molar-refractivity contribution in [3.63, 3.8) is 0 Å². The lowest BCUT2D eigenvalue weighted by Gasteiger charge is -2.21. The Balaban J connectivity index is 1.82. The van der Waals surface area contributed by atoms with Crippen molar-refractivity contribution >= 4 is 28.8 Å². The fourth-order valence-electron chi connectivity index (χ4n) is 3.83. The molecule has 0 aliphatic carbocycles. The maximum atomic E-state index is 13.2. The van der Waals surface area contributed by atoms with Gasteiger partial charge in [0.25, 0.3) is 11.8 Å². The summed E-state index contributed by atoms with van der Waals surface area (Å²) in [6, 6.07) is 5.95. The van der Waals surface area contributed by atoms with Crippen LogP contribution in [0.1, 0.15) is 45.7 Å². The first-order valence-corrected chi connectivity index (χ1v) is 12.8. The van der Waals surface area contributed by atoms with Gasteiger partial charge in [-0.05, 0) is 18.1 Å². The molecule has 1 aromatic heterocycles. The Morgan fingerprint density at radius 1 is 0.744 bits per heavy atom. The predicted molar refractivity (Wildman–Crippen MR) is 147 cm³/mol. The molecular weight excluding hydrogens is 526 g/mol. The van der Waals surface area contributed by atoms with Crippen LogP contribution in [0, 0.1) is 5.92 Å². The minimum atomic E-state index is -0.454. The Morgan fingerprint density at radius 3 is 1.67 bits per heavy atom. The molecule has 0 saturated carbocycles. The molecule has 0 aliphatic rings. The Labute approximate surface area is 231 Å². The number of hydrogen-bond acceptors (Lipinski definition) is 10. The number of carbonyl (C=O) groups excluding carboxylic acids is 2. The average Bonchev–Trinajstić information content (AvgIpc) is 3.44. The van der Waals surface area contributed by atoms with Crippen LogP contribution in [-0.4, -0.2) is 59.5 Å². The average molecular weight is 560 g/mol. The van der Waals surface area contributed by atoms with Crippen molar-refractivity contribution in [2.75, 3.05) is 48.0 Å². The maximum absolute atomic E-state index is 13.2. The van der Waals surface area contributed by atoms with Gasteiger partial charge in [0.2, 0.25) is 11.5 Å². The molecule has 2 amide bonds. The van der Waals surface area contributed by atoms with E-state index in [9.17, 15) is 9.59 Å². The van der Waals surface area contributed by atoms with Crippen molar-refractivity contribution < 1.29 is 38.0 Å². The lowest BCUT2D eigenvalue weighted by molar-refractivity contribution is 0.0924. The molecule has 0 aliphatic heterocycles. The molecule has 0 radical (unpaired) electrons. The normalized spacial score (nSPS) is 11.4. The quantitative estimate of drug-likeness (QED) is 0.328. The second kappa shape index (κ2) is 13.1. The first kappa shape index (κ1) is 29.4. The third-order valence-corrected chi connectivity index (χ3v) is 6.75. The van der Waals surface area contributed by atoms with Gasteiger partial charge in [0.1, 0.15) is 10.7 Å². The van der Waals surface area contributed by atoms with Gasteiger partial charge >= 0.3 is 0 Å². The maximum Gasteiger partial charge on any atom is 0.275 e. The van der Waals surface area contributed by atoms with Crippen molar-refractivity contribution in [1.82, 2.24) is 10.3 Å². The van der Waals surface area contributed by atoms with Crippen molar-refractivity contribution in [3.8, 4) is 34.5 Å². The number of carbonyl (C=O) groups is 2. The number of nitrogens with one attached hydrogen (secondary N) is 2. The van der Waals surface area contributed by atoms with E-state index in [-0.39, 0.29) is 17.5 Å². The van der Waals surface area contributed by atoms with E-state index in [2.05, 4.69) is 15.6 Å². The zero-order chi connectivity index (χ0) is 28.7. The molecule has 39 heavy (non-hydrogen) atoms. The molecule has 11 nitrogen and oxygen atoms in total. The summed E-state index contributed by atoms with van der Waals surface area (Å²) in [4.78, 5) is 30.8. The largest absolute Gasteiger partial charge is 0.493 e. The van der Waals surface area contributed by atoms with E-state index < -0.39 is 11.9 Å². The van der Waals surface area contributed by atoms with Crippen molar-refractivity contribution in [2.45, 2.75) is 19.9 Å². The second-order valence-electron chi connectivity index (χ2n) is 8.55. The van der Waals surface area contributed by atoms with Gasteiger partial charge < -0.3 is 39.1 Å². The van der Waals surface area contributed by atoms with Crippen LogP contribution in [0.25, 0.3) is 0 Å². The number of anilines is 1. The highest BCUT2D eigenvalue weighted by Crippen LogP contribution is 2.40. The minimum Gasteiger partial charge on any atom is -0.493 e. The van der Waals surface area contributed by atoms with Crippen LogP contribution in [-0.2, 0) is 0 Å². The molecule has 210 valence electrons. The zero-order valence-electron chi connectivity index (χ0n) is 23.2. The SMILES string of the molecule is COc1cc(NC(=O)c2csc([C@@H](NC(=O)c3cc(OC)c(OC)c(OC)c3)C(C)C)n2)cc(OC)c1OC. The summed E-state index contributed by atoms with van der Waals surface area (Å²) < 4.78 is 32.1. The van der Waals surface area contributed by atoms with Gasteiger partial charge in [-0.25, -0.2) is 4.98 Å². The summed E-state index contributed by atoms with van der Waals surface area (Å²) >= 11 is 1.28. The number of amides is 2. The highest BCUT2D eigenvalue weighted by atomic mass is 32.1. The van der Waals surface area contributed by atoms with Crippen LogP contribution in [0.15, 0.2) is 29.6 Å². The smallest absolute Gasteiger partial charge is 0.275 e. The van der Waals surface area contributed by atoms with E-state index >= 15 is 0 Å². The number of methoxy groups -OCH3 is 6. The van der Waals surface area contributed by atoms with Crippen LogP contribution in [0.2, 0.25) is 0 Å². The van der Waals surface area contributed by atoms with Crippen LogP contribution in [0.5, 0.6) is 34.5 Å². The third-order valence-electron chi connectivity index (χ3n) is 5.82. The summed E-state index contributed by atoms with van der Waals surface area (Å²) in [6.07, 6.45) is 0. The van der Waals surface area contributed by atoms with Gasteiger partial charge in [-0.1, -0.05) is 13.8 Å². The summed E-state index contributed by atoms with van der Waals surface area (Å²) in [6.45, 7) is 3.91. The number of hydrogen-bond donors (Lipinski definition) is 2. The Kier molecular flexibility index (Phi) is 9.83. The summed E-state index contributed by atoms with van der Waals surface area (Å²) in [5.74, 6) is 1.54. The predicted octanol–water partition coefficient (Wildman–Crippen LogP) is 4.57. The molecule has 2 N–H and O–H groups in total. The van der Waals surface area contributed by atoms with E-state index in [1.165, 1.54) is 54.0 Å². The van der Waals surface area contributed by atoms with Gasteiger partial charge in [0.15, 0.2) is 23.0 Å². The standard InChI is InChI=1S/C27H33N3O8S/c1-14(2)22(30-25(31)15-9-18(33-3)23(37-7)19(10-15)34-4)27-29-17(13-39-27)26(32)28-16-11-20(35-5)24(38-8)21(12-16)36-6/h9-14,22H,1-8H3,(H,28,32)(H,30,31)/t22-/m0/s1. The molecule has 1 heterocycles. The van der Waals surface area contributed by atoms with Gasteiger partial charge in [0.05, 0.1) is 48.7 Å². The summed E-state index contributed by atoms with van der Waals surface area (Å²) in [5, 5.41) is 8.04. The summed E-state index contributed by atoms with van der Waals surface area (Å²) in [7, 11) is 8.95. The molecule has 0 unspecified atom stereocenters. The first-order valence-electron chi connectivity index (χ1n) is 11.9. The van der Waals surface area contributed by atoms with E-state index in [0.717, 1.165) is 0 Å². The third kappa shape index (κ3) is 6.45. The van der Waals surface area contributed by atoms with Gasteiger partial charge in [-0.15, -0.1) is 11.3 Å². The number of benzene rings is 2. The van der Waals surface area contributed by atoms with Crippen molar-refractivity contribution in [2.24, 2.45) is 5.92 Å². The van der Waals surface area contributed by atoms with Gasteiger partial charge in [-0.3, -0.25) is 9.59 Å². The van der Waals surface area contributed by atoms with Gasteiger partial charge in [0, 0.05) is 28.8 Å². The fourth-order valence-corrected chi connectivity index (χ4v) is 4.85. The number of nitrogens with zero attached hydrogens (tertiary/aromatic N) is 1. The highest BCUT2D eigenvalue weighted by molar-refractivity contribution is 7.10. The first-order chi connectivity index (χ1) is 18.7. The summed E-state index contributed by atoms with van der Waals surface area (Å²) in [5.41, 5.74) is 0.976. The molecule has 2 aromatic carbocycles. The molecule has 12 heteroatoms. The second-order valence-corrected chi connectivity index (χ2v) is 9.44. The van der Waals surface area contributed by atoms with Crippen LogP contribution in [0.4, 0.5) is 5.69 Å². The number of ether oxygens (including phenoxy) is 6. The highest BCUT2D eigenvalue weighted by Gasteiger charge is 2.25. The lowest BCUT2D eigenvalue weighted by Crippen LogP contribution is -2.32. The number of aromatic nitrogens is 1. The molecule has 1 atom stereocenters. The van der Waals surface area contributed by atoms with E-state index in [0.29, 0.717) is 50.8 Å². The topological polar surface area (TPSA) is 126 Å². The molecule has 0 saturated heterocycles. The molecule has 0 spiro atoms. The van der Waals surface area contributed by atoms with E-state index in [1.807, 2.05) is 13.8 Å². The Bertz CT molecular complexity index is 1270. The monoisotopic (exact) mass is 559 g/mol. The molecule has 0 bridgehead atoms. The number of rotatable bonds is 12. The minimum absolute atomic E-state index is 0.0202. The van der Waals surface area contributed by atoms with E-state index in [1.54, 1.807) is 29.6 Å². The molecule has 0 fully saturated rings. The Hall–Kier alpha value is -4.19. The lowest BCUT2D eigenvalue weighted by atomic mass is 10.0. The fraction of sp³-hybridized carbons (Fsp3) is 0.370. The Morgan fingerprint density at radius 2 is 1.23 bits per heavy atom. The zero-order valence-corrected chi connectivity index (χ0v) is 24.0. The van der Waals surface area contributed by atoms with Crippen LogP contribution >= 0.6 is 11.3 Å². The van der Waals surface area contributed by atoms with Crippen molar-refractivity contribution in [1.29, 1.82) is 0 Å². The number of thiazole rings is 1. The molecule has 3 aromatic rings. The van der Waals surface area contributed by atoms with Gasteiger partial charge in [-0.2, -0.15) is 0 Å². The van der Waals surface area contributed by atoms with Crippen molar-refractivity contribution in [3.05, 3.63) is 45.9 Å². The van der Waals surface area contributed by atoms with Crippen LogP contribution < -0.4 is 39.1 Å².